The molecule has 1 aromatic heterocycles. The van der Waals surface area contributed by atoms with Crippen molar-refractivity contribution >= 4 is 29.4 Å². The number of hydrogen-bond donors (Lipinski definition) is 1. The van der Waals surface area contributed by atoms with E-state index in [1.165, 1.54) is 16.1 Å². The quantitative estimate of drug-likeness (QED) is 0.707. The number of aryl methyl sites for hydroxylation is 1. The molecule has 0 fully saturated rings. The molecule has 0 bridgehead atoms. The van der Waals surface area contributed by atoms with Crippen LogP contribution in [0.2, 0.25) is 11.1 Å². The summed E-state index contributed by atoms with van der Waals surface area (Å²) in [4.78, 5) is 0. The highest BCUT2D eigenvalue weighted by Gasteiger charge is 2.46. The second-order valence-corrected chi connectivity index (χ2v) is 12.5. The first-order chi connectivity index (χ1) is 11.4. The molecule has 24 heavy (non-hydrogen) atoms. The Labute approximate surface area is 145 Å². The number of para-hydroxylation sites is 2. The highest BCUT2D eigenvalue weighted by molar-refractivity contribution is 7.05. The summed E-state index contributed by atoms with van der Waals surface area (Å²) in [5, 5.41) is 14.6. The van der Waals surface area contributed by atoms with Gasteiger partial charge in [-0.15, -0.1) is 0 Å². The average molecular weight is 338 g/mol. The summed E-state index contributed by atoms with van der Waals surface area (Å²) in [5.74, 6) is 0.444. The first-order valence-corrected chi connectivity index (χ1v) is 10.9. The van der Waals surface area contributed by atoms with E-state index in [9.17, 15) is 5.11 Å². The van der Waals surface area contributed by atoms with Gasteiger partial charge in [0.25, 0.3) is 0 Å². The van der Waals surface area contributed by atoms with Crippen LogP contribution in [0.15, 0.2) is 54.7 Å². The van der Waals surface area contributed by atoms with Crippen LogP contribution >= 0.6 is 0 Å². The summed E-state index contributed by atoms with van der Waals surface area (Å²) in [6.45, 7) is 9.28. The van der Waals surface area contributed by atoms with Gasteiger partial charge in [0.1, 0.15) is 13.8 Å². The SMILES string of the molecule is CC(C)[Si](c1ccccc1O)(c1cn(C)c2ccccc12)C(C)C. The molecule has 0 atom stereocenters. The second kappa shape index (κ2) is 6.13. The minimum absolute atomic E-state index is 0.444. The topological polar surface area (TPSA) is 25.2 Å². The zero-order valence-corrected chi connectivity index (χ0v) is 16.2. The van der Waals surface area contributed by atoms with Gasteiger partial charge in [-0.2, -0.15) is 0 Å². The molecule has 0 aliphatic carbocycles. The third-order valence-electron chi connectivity index (χ3n) is 5.51. The maximum absolute atomic E-state index is 10.7. The third kappa shape index (κ3) is 2.30. The van der Waals surface area contributed by atoms with Crippen molar-refractivity contribution in [1.29, 1.82) is 0 Å². The zero-order chi connectivity index (χ0) is 17.5. The molecule has 1 N–H and O–H groups in total. The second-order valence-electron chi connectivity index (χ2n) is 7.37. The summed E-state index contributed by atoms with van der Waals surface area (Å²) < 4.78 is 2.23. The molecule has 2 aromatic carbocycles. The Morgan fingerprint density at radius 3 is 2.04 bits per heavy atom. The summed E-state index contributed by atoms with van der Waals surface area (Å²) in [6, 6.07) is 16.6. The molecule has 0 aliphatic rings. The normalized spacial score (nSPS) is 12.5. The van der Waals surface area contributed by atoms with Crippen LogP contribution in [0, 0.1) is 0 Å². The van der Waals surface area contributed by atoms with Crippen molar-refractivity contribution in [2.75, 3.05) is 0 Å². The van der Waals surface area contributed by atoms with Crippen LogP contribution in [0.25, 0.3) is 10.9 Å². The fourth-order valence-electron chi connectivity index (χ4n) is 4.55. The molecular weight excluding hydrogens is 310 g/mol. The minimum atomic E-state index is -2.16. The van der Waals surface area contributed by atoms with E-state index in [1.807, 2.05) is 12.1 Å². The molecule has 126 valence electrons. The van der Waals surface area contributed by atoms with Crippen LogP contribution in [0.5, 0.6) is 5.75 Å². The van der Waals surface area contributed by atoms with Crippen molar-refractivity contribution in [2.24, 2.45) is 7.05 Å². The molecule has 3 heteroatoms. The molecule has 0 saturated heterocycles. The van der Waals surface area contributed by atoms with Gasteiger partial charge in [0, 0.05) is 18.8 Å². The maximum atomic E-state index is 10.7. The van der Waals surface area contributed by atoms with Crippen LogP contribution in [-0.4, -0.2) is 17.7 Å². The zero-order valence-electron chi connectivity index (χ0n) is 15.2. The molecule has 0 saturated carbocycles. The Balaban J connectivity index is 2.44. The largest absolute Gasteiger partial charge is 0.508 e. The van der Waals surface area contributed by atoms with Crippen molar-refractivity contribution in [3.05, 3.63) is 54.7 Å². The van der Waals surface area contributed by atoms with E-state index in [-0.39, 0.29) is 0 Å². The lowest BCUT2D eigenvalue weighted by atomic mass is 10.2. The van der Waals surface area contributed by atoms with E-state index in [0.717, 1.165) is 5.19 Å². The highest BCUT2D eigenvalue weighted by Crippen LogP contribution is 2.36. The molecular formula is C21H27NOSi. The van der Waals surface area contributed by atoms with Gasteiger partial charge in [-0.25, -0.2) is 0 Å². The van der Waals surface area contributed by atoms with Crippen LogP contribution < -0.4 is 10.4 Å². The lowest BCUT2D eigenvalue weighted by Crippen LogP contribution is -2.62. The molecule has 2 nitrogen and oxygen atoms in total. The maximum Gasteiger partial charge on any atom is 0.130 e. The van der Waals surface area contributed by atoms with Crippen molar-refractivity contribution in [3.63, 3.8) is 0 Å². The Hall–Kier alpha value is -2.00. The van der Waals surface area contributed by atoms with Crippen molar-refractivity contribution in [3.8, 4) is 5.75 Å². The van der Waals surface area contributed by atoms with Crippen molar-refractivity contribution < 1.29 is 5.11 Å². The van der Waals surface area contributed by atoms with Gasteiger partial charge >= 0.3 is 0 Å². The van der Waals surface area contributed by atoms with E-state index >= 15 is 0 Å². The van der Waals surface area contributed by atoms with Gasteiger partial charge < -0.3 is 9.67 Å². The molecule has 0 amide bonds. The van der Waals surface area contributed by atoms with Gasteiger partial charge in [0.2, 0.25) is 0 Å². The minimum Gasteiger partial charge on any atom is -0.508 e. The lowest BCUT2D eigenvalue weighted by molar-refractivity contribution is 0.479. The van der Waals surface area contributed by atoms with E-state index in [0.29, 0.717) is 16.8 Å². The standard InChI is InChI=1S/C21H27NOSi/c1-15(2)24(16(3)4,20-13-9-8-12-19(20)23)21-14-22(5)18-11-7-6-10-17(18)21/h6-16,23H,1-5H3. The first-order valence-electron chi connectivity index (χ1n) is 8.73. The molecule has 3 rings (SSSR count). The first kappa shape index (κ1) is 16.8. The molecule has 0 spiro atoms. The fourth-order valence-corrected chi connectivity index (χ4v) is 10.6. The van der Waals surface area contributed by atoms with E-state index in [4.69, 9.17) is 0 Å². The predicted molar refractivity (Wildman–Crippen MR) is 106 cm³/mol. The van der Waals surface area contributed by atoms with Crippen molar-refractivity contribution in [2.45, 2.75) is 38.8 Å². The molecule has 0 radical (unpaired) electrons. The number of fused-ring (bicyclic) bond motifs is 1. The highest BCUT2D eigenvalue weighted by atomic mass is 28.3. The summed E-state index contributed by atoms with van der Waals surface area (Å²) in [7, 11) is -0.0399. The third-order valence-corrected chi connectivity index (χ3v) is 11.8. The number of phenolic OH excluding ortho intramolecular Hbond substituents is 1. The molecule has 0 aliphatic heterocycles. The lowest BCUT2D eigenvalue weighted by Gasteiger charge is -2.40. The summed E-state index contributed by atoms with van der Waals surface area (Å²) in [5.41, 5.74) is 2.23. The van der Waals surface area contributed by atoms with Gasteiger partial charge in [-0.1, -0.05) is 64.1 Å². The number of nitrogens with zero attached hydrogens (tertiary/aromatic N) is 1. The van der Waals surface area contributed by atoms with E-state index in [2.05, 4.69) is 81.9 Å². The number of rotatable bonds is 4. The van der Waals surface area contributed by atoms with Crippen molar-refractivity contribution in [1.82, 2.24) is 4.57 Å². The van der Waals surface area contributed by atoms with E-state index in [1.54, 1.807) is 0 Å². The number of hydrogen-bond acceptors (Lipinski definition) is 1. The Morgan fingerprint density at radius 2 is 1.42 bits per heavy atom. The molecule has 0 unspecified atom stereocenters. The summed E-state index contributed by atoms with van der Waals surface area (Å²) >= 11 is 0. The van der Waals surface area contributed by atoms with Gasteiger partial charge in [0.15, 0.2) is 0 Å². The van der Waals surface area contributed by atoms with Gasteiger partial charge in [-0.05, 0) is 39.0 Å². The number of phenols is 1. The fraction of sp³-hybridized carbons (Fsp3) is 0.333. The van der Waals surface area contributed by atoms with Crippen LogP contribution in [0.3, 0.4) is 0 Å². The Morgan fingerprint density at radius 1 is 0.833 bits per heavy atom. The molecule has 3 aromatic rings. The average Bonchev–Trinajstić information content (AvgIpc) is 2.87. The Bertz CT molecular complexity index is 855. The van der Waals surface area contributed by atoms with Gasteiger partial charge in [0.05, 0.1) is 0 Å². The van der Waals surface area contributed by atoms with Crippen LogP contribution in [0.1, 0.15) is 27.7 Å². The number of aromatic hydroxyl groups is 1. The molecule has 1 heterocycles. The number of benzene rings is 2. The summed E-state index contributed by atoms with van der Waals surface area (Å²) in [6.07, 6.45) is 2.31. The monoisotopic (exact) mass is 337 g/mol. The smallest absolute Gasteiger partial charge is 0.130 e. The Kier molecular flexibility index (Phi) is 4.30. The van der Waals surface area contributed by atoms with Crippen LogP contribution in [0.4, 0.5) is 0 Å². The van der Waals surface area contributed by atoms with Crippen LogP contribution in [-0.2, 0) is 7.05 Å². The number of aromatic nitrogens is 1. The van der Waals surface area contributed by atoms with E-state index < -0.39 is 8.07 Å². The predicted octanol–water partition coefficient (Wildman–Crippen LogP) is 4.27. The van der Waals surface area contributed by atoms with Gasteiger partial charge in [-0.3, -0.25) is 0 Å².